The molecule has 0 saturated heterocycles. The molecule has 0 spiro atoms. The van der Waals surface area contributed by atoms with Crippen LogP contribution in [-0.4, -0.2) is 17.3 Å². The number of hydrogen-bond donors (Lipinski definition) is 2. The topological polar surface area (TPSA) is 62.5 Å². The van der Waals surface area contributed by atoms with Crippen LogP contribution >= 0.6 is 35.0 Å². The van der Waals surface area contributed by atoms with Crippen molar-refractivity contribution in [2.24, 2.45) is 0 Å². The van der Waals surface area contributed by atoms with Crippen molar-refractivity contribution in [1.29, 1.82) is 0 Å². The average molecular weight is 346 g/mol. The van der Waals surface area contributed by atoms with Gasteiger partial charge >= 0.3 is 5.97 Å². The first-order chi connectivity index (χ1) is 10.0. The molecule has 0 aliphatic carbocycles. The summed E-state index contributed by atoms with van der Waals surface area (Å²) < 4.78 is 5.55. The maximum Gasteiger partial charge on any atom is 0.334 e. The zero-order valence-electron chi connectivity index (χ0n) is 11.1. The maximum atomic E-state index is 11.5. The Kier molecular flexibility index (Phi) is 5.45. The standard InChI is InChI=1S/C14H13Cl2NO3S/c1-21-7-9-3-5-12(20-9)13(14(18)19)17-11-4-2-8(15)6-10(11)16/h2-6,13,17H,7H2,1H3,(H,18,19). The van der Waals surface area contributed by atoms with Gasteiger partial charge in [-0.05, 0) is 36.6 Å². The smallest absolute Gasteiger partial charge is 0.334 e. The van der Waals surface area contributed by atoms with E-state index in [-0.39, 0.29) is 0 Å². The predicted octanol–water partition coefficient (Wildman–Crippen LogP) is 4.69. The van der Waals surface area contributed by atoms with Gasteiger partial charge in [-0.15, -0.1) is 0 Å². The van der Waals surface area contributed by atoms with Gasteiger partial charge in [0, 0.05) is 5.02 Å². The van der Waals surface area contributed by atoms with Crippen LogP contribution in [0.2, 0.25) is 10.0 Å². The molecule has 0 fully saturated rings. The Balaban J connectivity index is 2.24. The van der Waals surface area contributed by atoms with Gasteiger partial charge in [0.05, 0.1) is 16.5 Å². The van der Waals surface area contributed by atoms with Crippen LogP contribution in [0.15, 0.2) is 34.7 Å². The SMILES string of the molecule is CSCc1ccc(C(Nc2ccc(Cl)cc2Cl)C(=O)O)o1. The first-order valence-electron chi connectivity index (χ1n) is 6.03. The van der Waals surface area contributed by atoms with Crippen LogP contribution in [-0.2, 0) is 10.5 Å². The summed E-state index contributed by atoms with van der Waals surface area (Å²) in [6, 6.07) is 7.22. The third kappa shape index (κ3) is 4.09. The molecular weight excluding hydrogens is 333 g/mol. The van der Waals surface area contributed by atoms with Crippen LogP contribution in [0.5, 0.6) is 0 Å². The number of carboxylic acids is 1. The van der Waals surface area contributed by atoms with Gasteiger partial charge in [-0.1, -0.05) is 23.2 Å². The molecule has 2 rings (SSSR count). The summed E-state index contributed by atoms with van der Waals surface area (Å²) in [6.45, 7) is 0. The highest BCUT2D eigenvalue weighted by molar-refractivity contribution is 7.97. The molecule has 4 nitrogen and oxygen atoms in total. The first kappa shape index (κ1) is 16.1. The van der Waals surface area contributed by atoms with Gasteiger partial charge in [-0.25, -0.2) is 4.79 Å². The van der Waals surface area contributed by atoms with Crippen molar-refractivity contribution in [2.45, 2.75) is 11.8 Å². The summed E-state index contributed by atoms with van der Waals surface area (Å²) in [5.74, 6) is 0.699. The van der Waals surface area contributed by atoms with Gasteiger partial charge < -0.3 is 14.8 Å². The van der Waals surface area contributed by atoms with Crippen LogP contribution in [0.4, 0.5) is 5.69 Å². The third-order valence-corrected chi connectivity index (χ3v) is 3.85. The lowest BCUT2D eigenvalue weighted by Gasteiger charge is -2.15. The van der Waals surface area contributed by atoms with Gasteiger partial charge in [0.15, 0.2) is 6.04 Å². The van der Waals surface area contributed by atoms with E-state index in [9.17, 15) is 9.90 Å². The summed E-state index contributed by atoms with van der Waals surface area (Å²) in [4.78, 5) is 11.5. The summed E-state index contributed by atoms with van der Waals surface area (Å²) in [5.41, 5.74) is 0.483. The van der Waals surface area contributed by atoms with Crippen LogP contribution in [0.3, 0.4) is 0 Å². The number of aliphatic carboxylic acids is 1. The van der Waals surface area contributed by atoms with E-state index in [4.69, 9.17) is 27.6 Å². The molecule has 1 atom stereocenters. The third-order valence-electron chi connectivity index (χ3n) is 2.73. The molecule has 2 aromatic rings. The van der Waals surface area contributed by atoms with Crippen molar-refractivity contribution in [1.82, 2.24) is 0 Å². The molecule has 2 N–H and O–H groups in total. The summed E-state index contributed by atoms with van der Waals surface area (Å²) >= 11 is 13.5. The molecule has 0 bridgehead atoms. The van der Waals surface area contributed by atoms with Crippen molar-refractivity contribution in [3.05, 3.63) is 51.9 Å². The number of rotatable bonds is 6. The van der Waals surface area contributed by atoms with Crippen molar-refractivity contribution >= 4 is 46.6 Å². The highest BCUT2D eigenvalue weighted by atomic mass is 35.5. The maximum absolute atomic E-state index is 11.5. The minimum absolute atomic E-state index is 0.331. The molecule has 1 unspecified atom stereocenters. The summed E-state index contributed by atoms with van der Waals surface area (Å²) in [6.07, 6.45) is 1.95. The quantitative estimate of drug-likeness (QED) is 0.795. The normalized spacial score (nSPS) is 12.1. The fourth-order valence-electron chi connectivity index (χ4n) is 1.79. The Morgan fingerprint density at radius 2 is 2.14 bits per heavy atom. The van der Waals surface area contributed by atoms with Gasteiger partial charge in [-0.2, -0.15) is 11.8 Å². The molecule has 1 aromatic carbocycles. The lowest BCUT2D eigenvalue weighted by atomic mass is 10.2. The summed E-state index contributed by atoms with van der Waals surface area (Å²) in [7, 11) is 0. The van der Waals surface area contributed by atoms with Crippen molar-refractivity contribution in [3.63, 3.8) is 0 Å². The monoisotopic (exact) mass is 345 g/mol. The molecule has 1 heterocycles. The molecule has 0 amide bonds. The number of thioether (sulfide) groups is 1. The highest BCUT2D eigenvalue weighted by Gasteiger charge is 2.24. The second-order valence-corrected chi connectivity index (χ2v) is 5.99. The minimum atomic E-state index is -1.05. The Bertz CT molecular complexity index is 645. The second-order valence-electron chi connectivity index (χ2n) is 4.28. The van der Waals surface area contributed by atoms with E-state index in [1.807, 2.05) is 6.26 Å². The van der Waals surface area contributed by atoms with Gasteiger partial charge in [0.1, 0.15) is 11.5 Å². The van der Waals surface area contributed by atoms with E-state index in [0.717, 1.165) is 5.76 Å². The molecule has 21 heavy (non-hydrogen) atoms. The van der Waals surface area contributed by atoms with E-state index in [2.05, 4.69) is 5.32 Å². The van der Waals surface area contributed by atoms with Crippen LogP contribution < -0.4 is 5.32 Å². The molecule has 0 aliphatic rings. The fourth-order valence-corrected chi connectivity index (χ4v) is 2.69. The second kappa shape index (κ2) is 7.11. The number of hydrogen-bond acceptors (Lipinski definition) is 4. The minimum Gasteiger partial charge on any atom is -0.479 e. The Morgan fingerprint density at radius 1 is 1.38 bits per heavy atom. The van der Waals surface area contributed by atoms with Gasteiger partial charge in [0.25, 0.3) is 0 Å². The molecule has 7 heteroatoms. The molecule has 0 saturated carbocycles. The predicted molar refractivity (Wildman–Crippen MR) is 86.4 cm³/mol. The first-order valence-corrected chi connectivity index (χ1v) is 8.18. The zero-order valence-corrected chi connectivity index (χ0v) is 13.4. The molecular formula is C14H13Cl2NO3S. The van der Waals surface area contributed by atoms with Crippen molar-refractivity contribution in [3.8, 4) is 0 Å². The Labute approximate surface area is 136 Å². The number of nitrogens with one attached hydrogen (secondary N) is 1. The largest absolute Gasteiger partial charge is 0.479 e. The Hall–Kier alpha value is -1.30. The fraction of sp³-hybridized carbons (Fsp3) is 0.214. The van der Waals surface area contributed by atoms with E-state index in [1.54, 1.807) is 42.1 Å². The Morgan fingerprint density at radius 3 is 2.76 bits per heavy atom. The summed E-state index contributed by atoms with van der Waals surface area (Å²) in [5, 5.41) is 13.1. The highest BCUT2D eigenvalue weighted by Crippen LogP contribution is 2.30. The van der Waals surface area contributed by atoms with Gasteiger partial charge in [0.2, 0.25) is 0 Å². The number of carbonyl (C=O) groups is 1. The lowest BCUT2D eigenvalue weighted by Crippen LogP contribution is -2.20. The molecule has 0 radical (unpaired) electrons. The molecule has 1 aromatic heterocycles. The van der Waals surface area contributed by atoms with Gasteiger partial charge in [-0.3, -0.25) is 0 Å². The number of carboxylic acid groups (broad SMARTS) is 1. The van der Waals surface area contributed by atoms with Crippen LogP contribution in [0.1, 0.15) is 17.6 Å². The number of benzene rings is 1. The average Bonchev–Trinajstić information content (AvgIpc) is 2.86. The van der Waals surface area contributed by atoms with Crippen LogP contribution in [0.25, 0.3) is 0 Å². The lowest BCUT2D eigenvalue weighted by molar-refractivity contribution is -0.138. The van der Waals surface area contributed by atoms with Crippen LogP contribution in [0, 0.1) is 0 Å². The number of halogens is 2. The molecule has 112 valence electrons. The van der Waals surface area contributed by atoms with E-state index >= 15 is 0 Å². The number of anilines is 1. The molecule has 0 aliphatic heterocycles. The van der Waals surface area contributed by atoms with E-state index < -0.39 is 12.0 Å². The zero-order chi connectivity index (χ0) is 15.4. The number of furan rings is 1. The van der Waals surface area contributed by atoms with E-state index in [1.165, 1.54) is 0 Å². The van der Waals surface area contributed by atoms with E-state index in [0.29, 0.717) is 27.2 Å². The van der Waals surface area contributed by atoms with Crippen molar-refractivity contribution in [2.75, 3.05) is 11.6 Å². The van der Waals surface area contributed by atoms with Crippen molar-refractivity contribution < 1.29 is 14.3 Å².